The van der Waals surface area contributed by atoms with Crippen LogP contribution in [0.5, 0.6) is 0 Å². The smallest absolute Gasteiger partial charge is 0.364 e. The summed E-state index contributed by atoms with van der Waals surface area (Å²) in [6.45, 7) is 4.81. The monoisotopic (exact) mass is 269 g/mol. The number of carbonyl (C=O) groups is 1. The van der Waals surface area contributed by atoms with E-state index in [0.29, 0.717) is 5.02 Å². The van der Waals surface area contributed by atoms with E-state index in [2.05, 4.69) is 0 Å². The van der Waals surface area contributed by atoms with E-state index >= 15 is 0 Å². The SMILES string of the molecule is CC(C)(C)OC(=O)[C@](F)(C#N)c1ccc(Cl)cc1. The van der Waals surface area contributed by atoms with E-state index in [1.165, 1.54) is 30.3 Å². The number of ether oxygens (including phenoxy) is 1. The van der Waals surface area contributed by atoms with Crippen LogP contribution in [0.2, 0.25) is 5.02 Å². The lowest BCUT2D eigenvalue weighted by Crippen LogP contribution is -2.37. The number of benzene rings is 1. The highest BCUT2D eigenvalue weighted by atomic mass is 35.5. The van der Waals surface area contributed by atoms with Gasteiger partial charge in [0, 0.05) is 10.6 Å². The number of rotatable bonds is 2. The van der Waals surface area contributed by atoms with Crippen molar-refractivity contribution in [1.82, 2.24) is 0 Å². The minimum absolute atomic E-state index is 0.0938. The molecule has 0 unspecified atom stereocenters. The van der Waals surface area contributed by atoms with E-state index in [0.717, 1.165) is 0 Å². The quantitative estimate of drug-likeness (QED) is 0.774. The first-order valence-corrected chi connectivity index (χ1v) is 5.66. The number of alkyl halides is 1. The van der Waals surface area contributed by atoms with Crippen LogP contribution in [0.25, 0.3) is 0 Å². The molecule has 0 amide bonds. The van der Waals surface area contributed by atoms with Crippen LogP contribution in [0.4, 0.5) is 4.39 Å². The van der Waals surface area contributed by atoms with Gasteiger partial charge >= 0.3 is 11.6 Å². The van der Waals surface area contributed by atoms with Crippen LogP contribution in [0.3, 0.4) is 0 Å². The zero-order chi connectivity index (χ0) is 14.0. The molecule has 0 radical (unpaired) electrons. The van der Waals surface area contributed by atoms with Gasteiger partial charge in [-0.2, -0.15) is 5.26 Å². The summed E-state index contributed by atoms with van der Waals surface area (Å²) in [7, 11) is 0. The van der Waals surface area contributed by atoms with Gasteiger partial charge < -0.3 is 4.74 Å². The maximum atomic E-state index is 14.4. The van der Waals surface area contributed by atoms with Crippen molar-refractivity contribution >= 4 is 17.6 Å². The van der Waals surface area contributed by atoms with Crippen LogP contribution >= 0.6 is 11.6 Å². The van der Waals surface area contributed by atoms with Crippen LogP contribution in [0, 0.1) is 11.3 Å². The molecule has 1 aromatic rings. The molecule has 0 fully saturated rings. The van der Waals surface area contributed by atoms with Crippen LogP contribution in [-0.2, 0) is 15.2 Å². The zero-order valence-electron chi connectivity index (χ0n) is 10.3. The third-order valence-corrected chi connectivity index (χ3v) is 2.33. The summed E-state index contributed by atoms with van der Waals surface area (Å²) in [6, 6.07) is 6.75. The molecule has 0 N–H and O–H groups in total. The molecular formula is C13H13ClFNO2. The lowest BCUT2D eigenvalue weighted by molar-refractivity contribution is -0.166. The highest BCUT2D eigenvalue weighted by molar-refractivity contribution is 6.30. The van der Waals surface area contributed by atoms with E-state index < -0.39 is 17.2 Å². The van der Waals surface area contributed by atoms with Gasteiger partial charge in [0.2, 0.25) is 0 Å². The topological polar surface area (TPSA) is 50.1 Å². The predicted octanol–water partition coefficient (Wildman–Crippen LogP) is 3.37. The lowest BCUT2D eigenvalue weighted by Gasteiger charge is -2.24. The first-order chi connectivity index (χ1) is 8.19. The fourth-order valence-electron chi connectivity index (χ4n) is 1.26. The second-order valence-corrected chi connectivity index (χ2v) is 5.22. The average Bonchev–Trinajstić information content (AvgIpc) is 2.26. The average molecular weight is 270 g/mol. The number of carbonyl (C=O) groups excluding carboxylic acids is 1. The Kier molecular flexibility index (Phi) is 3.98. The van der Waals surface area contributed by atoms with E-state index in [9.17, 15) is 9.18 Å². The van der Waals surface area contributed by atoms with Crippen molar-refractivity contribution in [2.24, 2.45) is 0 Å². The standard InChI is InChI=1S/C13H13ClFNO2/c1-12(2,3)18-11(17)13(15,8-16)9-4-6-10(14)7-5-9/h4-7H,1-3H3/t13-/m0/s1. The summed E-state index contributed by atoms with van der Waals surface area (Å²) in [5.41, 5.74) is -3.78. The van der Waals surface area contributed by atoms with Gasteiger partial charge in [-0.15, -0.1) is 0 Å². The molecule has 0 aromatic heterocycles. The Labute approximate surface area is 110 Å². The molecule has 0 saturated carbocycles. The molecule has 0 bridgehead atoms. The van der Waals surface area contributed by atoms with Crippen molar-refractivity contribution in [3.63, 3.8) is 0 Å². The van der Waals surface area contributed by atoms with Crippen molar-refractivity contribution < 1.29 is 13.9 Å². The molecule has 5 heteroatoms. The number of hydrogen-bond donors (Lipinski definition) is 0. The summed E-state index contributed by atoms with van der Waals surface area (Å²) in [5.74, 6) is -1.22. The fraction of sp³-hybridized carbons (Fsp3) is 0.385. The second kappa shape index (κ2) is 4.95. The van der Waals surface area contributed by atoms with Crippen molar-refractivity contribution in [2.45, 2.75) is 32.0 Å². The Bertz CT molecular complexity index is 487. The molecule has 0 heterocycles. The maximum Gasteiger partial charge on any atom is 0.364 e. The van der Waals surface area contributed by atoms with Gasteiger partial charge in [-0.05, 0) is 32.9 Å². The van der Waals surface area contributed by atoms with Gasteiger partial charge in [0.25, 0.3) is 0 Å². The molecule has 0 saturated heterocycles. The molecule has 96 valence electrons. The third-order valence-electron chi connectivity index (χ3n) is 2.08. The Morgan fingerprint density at radius 2 is 1.83 bits per heavy atom. The molecule has 18 heavy (non-hydrogen) atoms. The molecule has 0 aliphatic heterocycles. The molecule has 0 aliphatic rings. The van der Waals surface area contributed by atoms with E-state index in [4.69, 9.17) is 21.6 Å². The number of nitriles is 1. The normalized spacial score (nSPS) is 14.4. The van der Waals surface area contributed by atoms with Crippen LogP contribution in [0.1, 0.15) is 26.3 Å². The van der Waals surface area contributed by atoms with Gasteiger partial charge in [-0.3, -0.25) is 0 Å². The highest BCUT2D eigenvalue weighted by Crippen LogP contribution is 2.29. The lowest BCUT2D eigenvalue weighted by atomic mass is 9.97. The van der Waals surface area contributed by atoms with E-state index in [1.807, 2.05) is 0 Å². The van der Waals surface area contributed by atoms with E-state index in [-0.39, 0.29) is 5.56 Å². The third kappa shape index (κ3) is 3.21. The summed E-state index contributed by atoms with van der Waals surface area (Å²) in [5, 5.41) is 9.31. The van der Waals surface area contributed by atoms with Gasteiger partial charge in [-0.25, -0.2) is 9.18 Å². The minimum Gasteiger partial charge on any atom is -0.457 e. The molecule has 1 aromatic carbocycles. The predicted molar refractivity (Wildman–Crippen MR) is 65.7 cm³/mol. The van der Waals surface area contributed by atoms with Gasteiger partial charge in [0.1, 0.15) is 11.7 Å². The van der Waals surface area contributed by atoms with Crippen molar-refractivity contribution in [2.75, 3.05) is 0 Å². The van der Waals surface area contributed by atoms with Crippen LogP contribution in [0.15, 0.2) is 24.3 Å². The fourth-order valence-corrected chi connectivity index (χ4v) is 1.38. The zero-order valence-corrected chi connectivity index (χ0v) is 11.1. The van der Waals surface area contributed by atoms with Gasteiger partial charge in [-0.1, -0.05) is 23.7 Å². The minimum atomic E-state index is -2.82. The number of nitrogens with zero attached hydrogens (tertiary/aromatic N) is 1. The molecule has 1 atom stereocenters. The number of hydrogen-bond acceptors (Lipinski definition) is 3. The molecular weight excluding hydrogens is 257 g/mol. The maximum absolute atomic E-state index is 14.4. The molecule has 0 aliphatic carbocycles. The Balaban J connectivity index is 3.10. The molecule has 0 spiro atoms. The van der Waals surface area contributed by atoms with Crippen molar-refractivity contribution in [3.05, 3.63) is 34.9 Å². The Morgan fingerprint density at radius 3 is 2.22 bits per heavy atom. The number of halogens is 2. The van der Waals surface area contributed by atoms with Crippen molar-refractivity contribution in [3.8, 4) is 6.07 Å². The van der Waals surface area contributed by atoms with E-state index in [1.54, 1.807) is 20.8 Å². The summed E-state index contributed by atoms with van der Waals surface area (Å²) in [4.78, 5) is 11.7. The van der Waals surface area contributed by atoms with Crippen LogP contribution in [-0.4, -0.2) is 11.6 Å². The Morgan fingerprint density at radius 1 is 1.33 bits per heavy atom. The summed E-state index contributed by atoms with van der Waals surface area (Å²) >= 11 is 5.67. The molecule has 3 nitrogen and oxygen atoms in total. The number of esters is 1. The Hall–Kier alpha value is -1.60. The van der Waals surface area contributed by atoms with Gasteiger partial charge in [0.15, 0.2) is 0 Å². The van der Waals surface area contributed by atoms with Crippen LogP contribution < -0.4 is 0 Å². The first-order valence-electron chi connectivity index (χ1n) is 5.29. The first kappa shape index (κ1) is 14.5. The summed E-state index contributed by atoms with van der Waals surface area (Å²) < 4.78 is 19.3. The largest absolute Gasteiger partial charge is 0.457 e. The van der Waals surface area contributed by atoms with Crippen molar-refractivity contribution in [1.29, 1.82) is 5.26 Å². The molecule has 1 rings (SSSR count). The van der Waals surface area contributed by atoms with Gasteiger partial charge in [0.05, 0.1) is 0 Å². The second-order valence-electron chi connectivity index (χ2n) is 4.78. The highest BCUT2D eigenvalue weighted by Gasteiger charge is 2.44. The summed E-state index contributed by atoms with van der Waals surface area (Å²) in [6.07, 6.45) is 0.